The van der Waals surface area contributed by atoms with Gasteiger partial charge in [0.1, 0.15) is 5.82 Å². The molecule has 7 nitrogen and oxygen atoms in total. The molecule has 1 aliphatic heterocycles. The molecule has 1 aliphatic rings. The minimum atomic E-state index is -0.230. The summed E-state index contributed by atoms with van der Waals surface area (Å²) in [6, 6.07) is 17.5. The van der Waals surface area contributed by atoms with Crippen LogP contribution >= 0.6 is 0 Å². The van der Waals surface area contributed by atoms with Gasteiger partial charge in [-0.3, -0.25) is 4.57 Å². The van der Waals surface area contributed by atoms with Crippen molar-refractivity contribution in [1.29, 1.82) is 0 Å². The van der Waals surface area contributed by atoms with E-state index in [1.807, 2.05) is 61.5 Å². The number of aromatic nitrogens is 3. The van der Waals surface area contributed by atoms with Crippen LogP contribution < -0.4 is 16.3 Å². The van der Waals surface area contributed by atoms with Gasteiger partial charge in [-0.1, -0.05) is 55.5 Å². The van der Waals surface area contributed by atoms with Crippen LogP contribution in [0, 0.1) is 0 Å². The topological polar surface area (TPSA) is 81.0 Å². The number of amides is 2. The molecule has 0 aliphatic carbocycles. The summed E-state index contributed by atoms with van der Waals surface area (Å²) in [5, 5.41) is 10.5. The molecule has 2 aromatic carbocycles. The third-order valence-corrected chi connectivity index (χ3v) is 5.45. The smallest absolute Gasteiger partial charge is 0.335 e. The fourth-order valence-electron chi connectivity index (χ4n) is 3.94. The minimum Gasteiger partial charge on any atom is -0.335 e. The molecule has 2 amide bonds. The van der Waals surface area contributed by atoms with Crippen LogP contribution in [0.1, 0.15) is 32.0 Å². The first kappa shape index (κ1) is 19.9. The van der Waals surface area contributed by atoms with Gasteiger partial charge in [-0.25, -0.2) is 14.3 Å². The zero-order chi connectivity index (χ0) is 20.9. The summed E-state index contributed by atoms with van der Waals surface area (Å²) >= 11 is 0. The number of aryl methyl sites for hydroxylation is 2. The molecule has 2 N–H and O–H groups in total. The van der Waals surface area contributed by atoms with E-state index >= 15 is 0 Å². The van der Waals surface area contributed by atoms with E-state index in [-0.39, 0.29) is 17.8 Å². The third kappa shape index (κ3) is 4.30. The van der Waals surface area contributed by atoms with Crippen LogP contribution in [0.25, 0.3) is 11.1 Å². The zero-order valence-corrected chi connectivity index (χ0v) is 17.2. The van der Waals surface area contributed by atoms with Crippen LogP contribution in [0.5, 0.6) is 0 Å². The summed E-state index contributed by atoms with van der Waals surface area (Å²) < 4.78 is 3.30. The number of benzene rings is 2. The summed E-state index contributed by atoms with van der Waals surface area (Å²) in [7, 11) is 0. The molecule has 0 radical (unpaired) electrons. The van der Waals surface area contributed by atoms with Gasteiger partial charge in [0.05, 0.1) is 5.69 Å². The Labute approximate surface area is 175 Å². The SMILES string of the molecule is CCCn1nc2n(c1=O)CCC(NC(=O)Nc1ccccc1-c1ccccc1)CC2. The number of carbonyl (C=O) groups excluding carboxylic acids is 1. The van der Waals surface area contributed by atoms with E-state index in [2.05, 4.69) is 15.7 Å². The summed E-state index contributed by atoms with van der Waals surface area (Å²) in [5.74, 6) is 0.813. The van der Waals surface area contributed by atoms with Crippen molar-refractivity contribution in [3.63, 3.8) is 0 Å². The number of fused-ring (bicyclic) bond motifs is 1. The number of hydrogen-bond donors (Lipinski definition) is 2. The van der Waals surface area contributed by atoms with Gasteiger partial charge < -0.3 is 10.6 Å². The molecule has 1 atom stereocenters. The first-order valence-electron chi connectivity index (χ1n) is 10.5. The lowest BCUT2D eigenvalue weighted by atomic mass is 10.0. The number of anilines is 1. The summed E-state index contributed by atoms with van der Waals surface area (Å²) in [6.45, 7) is 3.25. The second-order valence-corrected chi connectivity index (χ2v) is 7.61. The highest BCUT2D eigenvalue weighted by Gasteiger charge is 2.22. The van der Waals surface area contributed by atoms with E-state index in [0.29, 0.717) is 25.9 Å². The highest BCUT2D eigenvalue weighted by atomic mass is 16.2. The number of hydrogen-bond acceptors (Lipinski definition) is 3. The van der Waals surface area contributed by atoms with E-state index < -0.39 is 0 Å². The molecule has 3 aromatic rings. The maximum atomic E-state index is 12.7. The number of para-hydroxylation sites is 1. The van der Waals surface area contributed by atoms with Gasteiger partial charge in [0, 0.05) is 31.1 Å². The van der Waals surface area contributed by atoms with Gasteiger partial charge in [0.15, 0.2) is 0 Å². The molecule has 0 fully saturated rings. The predicted octanol–water partition coefficient (Wildman–Crippen LogP) is 3.65. The lowest BCUT2D eigenvalue weighted by Crippen LogP contribution is -2.38. The molecule has 0 spiro atoms. The predicted molar refractivity (Wildman–Crippen MR) is 118 cm³/mol. The Kier molecular flexibility index (Phi) is 5.97. The molecule has 7 heteroatoms. The van der Waals surface area contributed by atoms with Crippen molar-refractivity contribution in [1.82, 2.24) is 19.7 Å². The van der Waals surface area contributed by atoms with E-state index in [0.717, 1.165) is 35.5 Å². The van der Waals surface area contributed by atoms with E-state index in [4.69, 9.17) is 0 Å². The highest BCUT2D eigenvalue weighted by Crippen LogP contribution is 2.27. The minimum absolute atomic E-state index is 0.00499. The maximum Gasteiger partial charge on any atom is 0.345 e. The number of rotatable bonds is 5. The average molecular weight is 406 g/mol. The molecular formula is C23H27N5O2. The van der Waals surface area contributed by atoms with E-state index in [9.17, 15) is 9.59 Å². The van der Waals surface area contributed by atoms with Crippen LogP contribution in [0.4, 0.5) is 10.5 Å². The number of carbonyl (C=O) groups is 1. The van der Waals surface area contributed by atoms with Crippen LogP contribution in [0.15, 0.2) is 59.4 Å². The molecule has 0 bridgehead atoms. The number of nitrogens with one attached hydrogen (secondary N) is 2. The van der Waals surface area contributed by atoms with Crippen molar-refractivity contribution in [2.24, 2.45) is 0 Å². The van der Waals surface area contributed by atoms with Crippen molar-refractivity contribution >= 4 is 11.7 Å². The first-order valence-corrected chi connectivity index (χ1v) is 10.5. The summed E-state index contributed by atoms with van der Waals surface area (Å²) in [4.78, 5) is 25.1. The fourth-order valence-corrected chi connectivity index (χ4v) is 3.94. The molecule has 30 heavy (non-hydrogen) atoms. The summed E-state index contributed by atoms with van der Waals surface area (Å²) in [5.41, 5.74) is 2.75. The normalized spacial score (nSPS) is 15.8. The Bertz CT molecular complexity index is 1070. The Balaban J connectivity index is 1.41. The van der Waals surface area contributed by atoms with Crippen molar-refractivity contribution in [2.45, 2.75) is 51.7 Å². The van der Waals surface area contributed by atoms with Crippen molar-refractivity contribution in [2.75, 3.05) is 5.32 Å². The van der Waals surface area contributed by atoms with Gasteiger partial charge in [-0.05, 0) is 30.9 Å². The van der Waals surface area contributed by atoms with Crippen LogP contribution in [0.2, 0.25) is 0 Å². The largest absolute Gasteiger partial charge is 0.345 e. The zero-order valence-electron chi connectivity index (χ0n) is 17.2. The number of urea groups is 1. The second kappa shape index (κ2) is 8.98. The van der Waals surface area contributed by atoms with Gasteiger partial charge in [-0.2, -0.15) is 5.10 Å². The first-order chi connectivity index (χ1) is 14.7. The van der Waals surface area contributed by atoms with Gasteiger partial charge in [0.2, 0.25) is 0 Å². The highest BCUT2D eigenvalue weighted by molar-refractivity contribution is 5.94. The molecule has 1 unspecified atom stereocenters. The maximum absolute atomic E-state index is 12.7. The number of nitrogens with zero attached hydrogens (tertiary/aromatic N) is 3. The third-order valence-electron chi connectivity index (χ3n) is 5.45. The Morgan fingerprint density at radius 2 is 1.87 bits per heavy atom. The molecule has 0 saturated heterocycles. The van der Waals surface area contributed by atoms with Gasteiger partial charge in [-0.15, -0.1) is 0 Å². The molecule has 0 saturated carbocycles. The molecular weight excluding hydrogens is 378 g/mol. The lowest BCUT2D eigenvalue weighted by Gasteiger charge is -2.18. The average Bonchev–Trinajstić information content (AvgIpc) is 2.92. The standard InChI is InChI=1S/C23H27N5O2/c1-2-15-28-23(30)27-16-14-18(12-13-21(27)26-28)24-22(29)25-20-11-7-6-10-19(20)17-8-4-3-5-9-17/h3-11,18H,2,12-16H2,1H3,(H2,24,25,29). The van der Waals surface area contributed by atoms with Crippen LogP contribution in [-0.4, -0.2) is 26.4 Å². The van der Waals surface area contributed by atoms with Crippen LogP contribution in [0.3, 0.4) is 0 Å². The lowest BCUT2D eigenvalue weighted by molar-refractivity contribution is 0.247. The van der Waals surface area contributed by atoms with E-state index in [1.165, 1.54) is 0 Å². The molecule has 156 valence electrons. The van der Waals surface area contributed by atoms with Crippen molar-refractivity contribution in [3.8, 4) is 11.1 Å². The molecule has 1 aromatic heterocycles. The van der Waals surface area contributed by atoms with Crippen molar-refractivity contribution in [3.05, 3.63) is 70.9 Å². The fraction of sp³-hybridized carbons (Fsp3) is 0.348. The Morgan fingerprint density at radius 1 is 1.10 bits per heavy atom. The van der Waals surface area contributed by atoms with Gasteiger partial charge in [0.25, 0.3) is 0 Å². The molecule has 4 rings (SSSR count). The second-order valence-electron chi connectivity index (χ2n) is 7.61. The van der Waals surface area contributed by atoms with E-state index in [1.54, 1.807) is 9.25 Å². The Morgan fingerprint density at radius 3 is 2.67 bits per heavy atom. The van der Waals surface area contributed by atoms with Gasteiger partial charge >= 0.3 is 11.7 Å². The summed E-state index contributed by atoms with van der Waals surface area (Å²) in [6.07, 6.45) is 3.03. The van der Waals surface area contributed by atoms with Crippen LogP contribution in [-0.2, 0) is 19.5 Å². The monoisotopic (exact) mass is 405 g/mol. The quantitative estimate of drug-likeness (QED) is 0.680. The van der Waals surface area contributed by atoms with Crippen molar-refractivity contribution < 1.29 is 4.79 Å². The Hall–Kier alpha value is -3.35. The molecule has 2 heterocycles.